The molecule has 0 amide bonds. The number of hydrogen-bond acceptors (Lipinski definition) is 2. The quantitative estimate of drug-likeness (QED) is 0.436. The van der Waals surface area contributed by atoms with Crippen LogP contribution in [0, 0.1) is 5.92 Å². The average molecular weight is 137 g/mol. The summed E-state index contributed by atoms with van der Waals surface area (Å²) in [4.78, 5) is 0. The number of aliphatic hydroxyl groups excluding tert-OH is 1. The van der Waals surface area contributed by atoms with Crippen molar-refractivity contribution in [3.63, 3.8) is 0 Å². The molecule has 58 valence electrons. The SMILES string of the molecule is CC(C)C.CN(F)CO. The lowest BCUT2D eigenvalue weighted by Gasteiger charge is -1.92. The third-order valence-electron chi connectivity index (χ3n) is 0.195. The smallest absolute Gasteiger partial charge is 0.123 e. The summed E-state index contributed by atoms with van der Waals surface area (Å²) in [6.07, 6.45) is 0. The minimum atomic E-state index is -0.528. The van der Waals surface area contributed by atoms with Gasteiger partial charge in [0.15, 0.2) is 0 Å². The zero-order valence-corrected chi connectivity index (χ0v) is 6.56. The predicted molar refractivity (Wildman–Crippen MR) is 36.5 cm³/mol. The fraction of sp³-hybridized carbons (Fsp3) is 1.00. The second-order valence-corrected chi connectivity index (χ2v) is 2.48. The van der Waals surface area contributed by atoms with Gasteiger partial charge in [-0.15, -0.1) is 9.60 Å². The fourth-order valence-corrected chi connectivity index (χ4v) is 0. The second kappa shape index (κ2) is 7.85. The molecular formula is C6H16FNO. The van der Waals surface area contributed by atoms with Gasteiger partial charge in [-0.2, -0.15) is 0 Å². The molecule has 0 saturated heterocycles. The summed E-state index contributed by atoms with van der Waals surface area (Å²) in [5.41, 5.74) is 0. The van der Waals surface area contributed by atoms with Gasteiger partial charge in [-0.3, -0.25) is 0 Å². The number of aliphatic hydroxyl groups is 1. The highest BCUT2D eigenvalue weighted by Gasteiger charge is 1.79. The first-order valence-electron chi connectivity index (χ1n) is 2.98. The Morgan fingerprint density at radius 3 is 1.56 bits per heavy atom. The Morgan fingerprint density at radius 2 is 1.56 bits per heavy atom. The van der Waals surface area contributed by atoms with Gasteiger partial charge >= 0.3 is 0 Å². The van der Waals surface area contributed by atoms with Crippen LogP contribution in [0.3, 0.4) is 0 Å². The van der Waals surface area contributed by atoms with Gasteiger partial charge in [-0.1, -0.05) is 20.8 Å². The van der Waals surface area contributed by atoms with Crippen molar-refractivity contribution >= 4 is 0 Å². The van der Waals surface area contributed by atoms with Crippen LogP contribution in [-0.4, -0.2) is 24.0 Å². The molecule has 0 radical (unpaired) electrons. The van der Waals surface area contributed by atoms with Gasteiger partial charge in [0.2, 0.25) is 0 Å². The van der Waals surface area contributed by atoms with Crippen molar-refractivity contribution in [2.24, 2.45) is 5.92 Å². The van der Waals surface area contributed by atoms with E-state index in [1.807, 2.05) is 0 Å². The van der Waals surface area contributed by atoms with Crippen LogP contribution in [0.1, 0.15) is 20.8 Å². The lowest BCUT2D eigenvalue weighted by Crippen LogP contribution is -2.05. The molecule has 0 aliphatic carbocycles. The first kappa shape index (κ1) is 11.6. The van der Waals surface area contributed by atoms with Crippen molar-refractivity contribution in [1.82, 2.24) is 5.12 Å². The number of nitrogens with zero attached hydrogens (tertiary/aromatic N) is 1. The van der Waals surface area contributed by atoms with Gasteiger partial charge < -0.3 is 5.11 Å². The Kier molecular flexibility index (Phi) is 10.1. The van der Waals surface area contributed by atoms with Gasteiger partial charge in [0.05, 0.1) is 0 Å². The zero-order valence-electron chi connectivity index (χ0n) is 6.56. The van der Waals surface area contributed by atoms with E-state index in [1.54, 1.807) is 0 Å². The Labute approximate surface area is 56.2 Å². The molecule has 0 fully saturated rings. The summed E-state index contributed by atoms with van der Waals surface area (Å²) in [5.74, 6) is 0.833. The van der Waals surface area contributed by atoms with Gasteiger partial charge in [-0.25, -0.2) is 0 Å². The number of rotatable bonds is 1. The molecule has 0 spiro atoms. The van der Waals surface area contributed by atoms with E-state index in [2.05, 4.69) is 20.8 Å². The summed E-state index contributed by atoms with van der Waals surface area (Å²) in [5, 5.41) is 7.88. The van der Waals surface area contributed by atoms with Crippen molar-refractivity contribution in [2.75, 3.05) is 13.8 Å². The topological polar surface area (TPSA) is 23.5 Å². The van der Waals surface area contributed by atoms with E-state index in [1.165, 1.54) is 0 Å². The molecule has 3 heteroatoms. The van der Waals surface area contributed by atoms with E-state index in [-0.39, 0.29) is 5.12 Å². The molecule has 0 aromatic carbocycles. The van der Waals surface area contributed by atoms with Crippen LogP contribution < -0.4 is 0 Å². The van der Waals surface area contributed by atoms with E-state index in [0.29, 0.717) is 0 Å². The summed E-state index contributed by atoms with van der Waals surface area (Å²) in [6, 6.07) is 0. The second-order valence-electron chi connectivity index (χ2n) is 2.48. The van der Waals surface area contributed by atoms with E-state index < -0.39 is 6.73 Å². The molecule has 1 N–H and O–H groups in total. The first-order chi connectivity index (χ1) is 4.00. The van der Waals surface area contributed by atoms with E-state index in [4.69, 9.17) is 5.11 Å². The van der Waals surface area contributed by atoms with Gasteiger partial charge in [0, 0.05) is 7.05 Å². The number of halogens is 1. The van der Waals surface area contributed by atoms with Crippen LogP contribution in [0.2, 0.25) is 0 Å². The van der Waals surface area contributed by atoms with E-state index in [9.17, 15) is 4.48 Å². The monoisotopic (exact) mass is 137 g/mol. The van der Waals surface area contributed by atoms with Gasteiger partial charge in [0.25, 0.3) is 0 Å². The highest BCUT2D eigenvalue weighted by molar-refractivity contribution is 4.20. The Balaban J connectivity index is 0. The maximum atomic E-state index is 11.0. The minimum absolute atomic E-state index is 0.181. The third kappa shape index (κ3) is 78.5. The number of hydrogen-bond donors (Lipinski definition) is 1. The van der Waals surface area contributed by atoms with Crippen LogP contribution in [0.15, 0.2) is 0 Å². The molecule has 2 nitrogen and oxygen atoms in total. The third-order valence-corrected chi connectivity index (χ3v) is 0.195. The summed E-state index contributed by atoms with van der Waals surface area (Å²) in [7, 11) is 1.14. The molecule has 0 aromatic rings. The largest absolute Gasteiger partial charge is 0.379 e. The van der Waals surface area contributed by atoms with Gasteiger partial charge in [0.1, 0.15) is 6.73 Å². The molecule has 9 heavy (non-hydrogen) atoms. The molecule has 0 atom stereocenters. The normalized spacial score (nSPS) is 9.33. The van der Waals surface area contributed by atoms with Crippen LogP contribution in [-0.2, 0) is 0 Å². The average Bonchev–Trinajstić information content (AvgIpc) is 1.65. The van der Waals surface area contributed by atoms with Crippen molar-refractivity contribution in [2.45, 2.75) is 20.8 Å². The molecule has 0 aromatic heterocycles. The van der Waals surface area contributed by atoms with E-state index >= 15 is 0 Å². The summed E-state index contributed by atoms with van der Waals surface area (Å²) in [6.45, 7) is 5.97. The van der Waals surface area contributed by atoms with Crippen LogP contribution in [0.5, 0.6) is 0 Å². The van der Waals surface area contributed by atoms with Gasteiger partial charge in [-0.05, 0) is 5.92 Å². The fourth-order valence-electron chi connectivity index (χ4n) is 0. The van der Waals surface area contributed by atoms with Crippen molar-refractivity contribution in [3.05, 3.63) is 0 Å². The predicted octanol–water partition coefficient (Wildman–Crippen LogP) is 1.41. The maximum absolute atomic E-state index is 11.0. The lowest BCUT2D eigenvalue weighted by atomic mass is 10.3. The van der Waals surface area contributed by atoms with Crippen LogP contribution in [0.25, 0.3) is 0 Å². The molecule has 0 bridgehead atoms. The van der Waals surface area contributed by atoms with Crippen molar-refractivity contribution in [3.8, 4) is 0 Å². The zero-order chi connectivity index (χ0) is 7.86. The standard InChI is InChI=1S/C4H10.C2H6FNO/c1-4(2)3;1-4(3)2-5/h4H,1-3H3;5H,2H2,1H3. The van der Waals surface area contributed by atoms with Crippen molar-refractivity contribution < 1.29 is 9.59 Å². The maximum Gasteiger partial charge on any atom is 0.123 e. The van der Waals surface area contributed by atoms with E-state index in [0.717, 1.165) is 13.0 Å². The van der Waals surface area contributed by atoms with Crippen LogP contribution in [0.4, 0.5) is 4.48 Å². The Bertz CT molecular complexity index is 45.6. The molecule has 0 unspecified atom stereocenters. The highest BCUT2D eigenvalue weighted by Crippen LogP contribution is 1.81. The molecule has 0 heterocycles. The molecule has 0 saturated carbocycles. The van der Waals surface area contributed by atoms with Crippen LogP contribution >= 0.6 is 0 Å². The first-order valence-corrected chi connectivity index (χ1v) is 2.98. The molecular weight excluding hydrogens is 121 g/mol. The highest BCUT2D eigenvalue weighted by atomic mass is 19.2. The lowest BCUT2D eigenvalue weighted by molar-refractivity contribution is -0.0256. The van der Waals surface area contributed by atoms with Crippen molar-refractivity contribution in [1.29, 1.82) is 0 Å². The Hall–Kier alpha value is -0.150. The Morgan fingerprint density at radius 1 is 1.44 bits per heavy atom. The summed E-state index contributed by atoms with van der Waals surface area (Å²) >= 11 is 0. The minimum Gasteiger partial charge on any atom is -0.379 e. The molecule has 0 aliphatic heterocycles. The molecule has 0 aliphatic rings. The summed E-state index contributed by atoms with van der Waals surface area (Å²) < 4.78 is 11.0. The molecule has 0 rings (SSSR count).